The van der Waals surface area contributed by atoms with Gasteiger partial charge in [-0.15, -0.1) is 0 Å². The largest absolute Gasteiger partial charge is 0.378 e. The fraction of sp³-hybridized carbons (Fsp3) is 0.556. The standard InChI is InChI=1S/C18H24N6O2/c1-22(18(25)23-8-10-26-11-9-23)14-4-3-7-24(12-14)17-15-5-2-6-19-16(15)20-13-21-17/h2,5-6,13-14H,3-4,7-12H2,1H3. The maximum atomic E-state index is 12.8. The zero-order valence-corrected chi connectivity index (χ0v) is 15.0. The summed E-state index contributed by atoms with van der Waals surface area (Å²) in [6.45, 7) is 4.28. The van der Waals surface area contributed by atoms with E-state index in [0.717, 1.165) is 37.1 Å². The summed E-state index contributed by atoms with van der Waals surface area (Å²) in [5, 5.41) is 0.956. The van der Waals surface area contributed by atoms with Crippen molar-refractivity contribution in [3.8, 4) is 0 Å². The molecular weight excluding hydrogens is 332 g/mol. The molecule has 2 aliphatic heterocycles. The zero-order chi connectivity index (χ0) is 17.9. The van der Waals surface area contributed by atoms with E-state index in [2.05, 4.69) is 19.9 Å². The Morgan fingerprint density at radius 2 is 2.08 bits per heavy atom. The van der Waals surface area contributed by atoms with Gasteiger partial charge < -0.3 is 19.4 Å². The van der Waals surface area contributed by atoms with Crippen LogP contribution in [0.4, 0.5) is 10.6 Å². The van der Waals surface area contributed by atoms with E-state index in [0.29, 0.717) is 32.0 Å². The summed E-state index contributed by atoms with van der Waals surface area (Å²) in [7, 11) is 1.91. The molecule has 0 saturated carbocycles. The lowest BCUT2D eigenvalue weighted by atomic mass is 10.0. The molecule has 4 rings (SSSR count). The molecule has 0 bridgehead atoms. The Balaban J connectivity index is 1.51. The molecule has 1 atom stereocenters. The normalized spacial score (nSPS) is 21.0. The van der Waals surface area contributed by atoms with Crippen molar-refractivity contribution in [3.05, 3.63) is 24.7 Å². The van der Waals surface area contributed by atoms with Crippen LogP contribution in [-0.4, -0.2) is 83.3 Å². The van der Waals surface area contributed by atoms with Gasteiger partial charge in [-0.25, -0.2) is 19.7 Å². The van der Waals surface area contributed by atoms with Crippen LogP contribution in [-0.2, 0) is 4.74 Å². The van der Waals surface area contributed by atoms with E-state index < -0.39 is 0 Å². The summed E-state index contributed by atoms with van der Waals surface area (Å²) >= 11 is 0. The Morgan fingerprint density at radius 3 is 2.92 bits per heavy atom. The maximum Gasteiger partial charge on any atom is 0.320 e. The molecule has 4 heterocycles. The van der Waals surface area contributed by atoms with Crippen LogP contribution in [0.3, 0.4) is 0 Å². The maximum absolute atomic E-state index is 12.8. The third kappa shape index (κ3) is 3.29. The number of carbonyl (C=O) groups is 1. The van der Waals surface area contributed by atoms with Crippen molar-refractivity contribution < 1.29 is 9.53 Å². The molecule has 26 heavy (non-hydrogen) atoms. The Morgan fingerprint density at radius 1 is 1.23 bits per heavy atom. The molecule has 2 aromatic heterocycles. The van der Waals surface area contributed by atoms with Crippen LogP contribution in [0.2, 0.25) is 0 Å². The lowest BCUT2D eigenvalue weighted by molar-refractivity contribution is 0.0414. The van der Waals surface area contributed by atoms with Crippen molar-refractivity contribution in [2.45, 2.75) is 18.9 Å². The minimum Gasteiger partial charge on any atom is -0.378 e. The van der Waals surface area contributed by atoms with Gasteiger partial charge in [0.05, 0.1) is 24.6 Å². The Labute approximate surface area is 152 Å². The van der Waals surface area contributed by atoms with E-state index in [4.69, 9.17) is 4.74 Å². The first-order chi connectivity index (χ1) is 12.7. The van der Waals surface area contributed by atoms with Crippen LogP contribution in [0.1, 0.15) is 12.8 Å². The third-order valence-electron chi connectivity index (χ3n) is 5.21. The fourth-order valence-corrected chi connectivity index (χ4v) is 3.73. The Kier molecular flexibility index (Phi) is 4.83. The number of aromatic nitrogens is 3. The van der Waals surface area contributed by atoms with Crippen molar-refractivity contribution >= 4 is 22.9 Å². The molecule has 2 aromatic rings. The lowest BCUT2D eigenvalue weighted by Gasteiger charge is -2.40. The van der Waals surface area contributed by atoms with Gasteiger partial charge in [-0.1, -0.05) is 0 Å². The van der Waals surface area contributed by atoms with Crippen LogP contribution in [0.5, 0.6) is 0 Å². The highest BCUT2D eigenvalue weighted by atomic mass is 16.5. The minimum absolute atomic E-state index is 0.0920. The number of ether oxygens (including phenoxy) is 1. The molecule has 0 radical (unpaired) electrons. The molecule has 2 fully saturated rings. The number of likely N-dealkylation sites (N-methyl/N-ethyl adjacent to an activating group) is 1. The van der Waals surface area contributed by atoms with Gasteiger partial charge in [0.2, 0.25) is 0 Å². The smallest absolute Gasteiger partial charge is 0.320 e. The molecule has 2 aliphatic rings. The van der Waals surface area contributed by atoms with E-state index in [1.165, 1.54) is 0 Å². The van der Waals surface area contributed by atoms with Crippen LogP contribution in [0, 0.1) is 0 Å². The number of pyridine rings is 1. The van der Waals surface area contributed by atoms with Crippen molar-refractivity contribution in [3.63, 3.8) is 0 Å². The molecule has 0 spiro atoms. The topological polar surface area (TPSA) is 74.7 Å². The fourth-order valence-electron chi connectivity index (χ4n) is 3.73. The molecule has 0 aliphatic carbocycles. The van der Waals surface area contributed by atoms with Crippen molar-refractivity contribution in [2.24, 2.45) is 0 Å². The number of rotatable bonds is 2. The van der Waals surface area contributed by atoms with Gasteiger partial charge in [0.25, 0.3) is 0 Å². The molecule has 8 heteroatoms. The highest BCUT2D eigenvalue weighted by molar-refractivity contribution is 5.86. The molecule has 8 nitrogen and oxygen atoms in total. The quantitative estimate of drug-likeness (QED) is 0.809. The molecule has 1 unspecified atom stereocenters. The summed E-state index contributed by atoms with van der Waals surface area (Å²) < 4.78 is 5.35. The van der Waals surface area contributed by atoms with Crippen molar-refractivity contribution in [2.75, 3.05) is 51.3 Å². The SMILES string of the molecule is CN(C(=O)N1CCOCC1)C1CCCN(c2ncnc3ncccc23)C1. The van der Waals surface area contributed by atoms with E-state index in [1.807, 2.05) is 29.0 Å². The number of carbonyl (C=O) groups excluding carboxylic acids is 1. The number of morpholine rings is 1. The first-order valence-corrected chi connectivity index (χ1v) is 9.14. The Bertz CT molecular complexity index is 774. The van der Waals surface area contributed by atoms with Crippen LogP contribution in [0.15, 0.2) is 24.7 Å². The molecule has 2 amide bonds. The van der Waals surface area contributed by atoms with Gasteiger partial charge in [-0.3, -0.25) is 0 Å². The number of hydrogen-bond acceptors (Lipinski definition) is 6. The zero-order valence-electron chi connectivity index (χ0n) is 15.0. The number of amides is 2. The number of nitrogens with zero attached hydrogens (tertiary/aromatic N) is 6. The first kappa shape index (κ1) is 17.0. The van der Waals surface area contributed by atoms with Crippen LogP contribution < -0.4 is 4.90 Å². The summed E-state index contributed by atoms with van der Waals surface area (Å²) in [5.41, 5.74) is 0.706. The van der Waals surface area contributed by atoms with Gasteiger partial charge in [0.15, 0.2) is 5.65 Å². The summed E-state index contributed by atoms with van der Waals surface area (Å²) in [6, 6.07) is 4.17. The number of fused-ring (bicyclic) bond motifs is 1. The van der Waals surface area contributed by atoms with Crippen LogP contribution >= 0.6 is 0 Å². The van der Waals surface area contributed by atoms with Gasteiger partial charge in [-0.05, 0) is 25.0 Å². The number of anilines is 1. The molecule has 138 valence electrons. The van der Waals surface area contributed by atoms with Gasteiger partial charge >= 0.3 is 6.03 Å². The lowest BCUT2D eigenvalue weighted by Crippen LogP contribution is -2.54. The summed E-state index contributed by atoms with van der Waals surface area (Å²) in [6.07, 6.45) is 5.34. The predicted molar refractivity (Wildman–Crippen MR) is 98.1 cm³/mol. The average molecular weight is 356 g/mol. The second-order valence-electron chi connectivity index (χ2n) is 6.81. The highest BCUT2D eigenvalue weighted by Crippen LogP contribution is 2.26. The molecule has 2 saturated heterocycles. The average Bonchev–Trinajstić information content (AvgIpc) is 2.73. The van der Waals surface area contributed by atoms with Crippen molar-refractivity contribution in [1.82, 2.24) is 24.8 Å². The third-order valence-corrected chi connectivity index (χ3v) is 5.21. The van der Waals surface area contributed by atoms with Gasteiger partial charge in [0.1, 0.15) is 12.1 Å². The molecule has 0 aromatic carbocycles. The first-order valence-electron chi connectivity index (χ1n) is 9.14. The monoisotopic (exact) mass is 356 g/mol. The Hall–Kier alpha value is -2.48. The number of hydrogen-bond donors (Lipinski definition) is 0. The van der Waals surface area contributed by atoms with E-state index in [-0.39, 0.29) is 12.1 Å². The second kappa shape index (κ2) is 7.41. The predicted octanol–water partition coefficient (Wildman–Crippen LogP) is 1.38. The second-order valence-corrected chi connectivity index (χ2v) is 6.81. The molecular formula is C18H24N6O2. The van der Waals surface area contributed by atoms with E-state index in [9.17, 15) is 4.79 Å². The number of urea groups is 1. The van der Waals surface area contributed by atoms with E-state index in [1.54, 1.807) is 12.5 Å². The highest BCUT2D eigenvalue weighted by Gasteiger charge is 2.30. The molecule has 0 N–H and O–H groups in total. The van der Waals surface area contributed by atoms with Gasteiger partial charge in [0, 0.05) is 39.4 Å². The van der Waals surface area contributed by atoms with E-state index >= 15 is 0 Å². The van der Waals surface area contributed by atoms with Gasteiger partial charge in [-0.2, -0.15) is 0 Å². The number of piperidine rings is 1. The summed E-state index contributed by atoms with van der Waals surface area (Å²) in [4.78, 5) is 31.9. The summed E-state index contributed by atoms with van der Waals surface area (Å²) in [5.74, 6) is 0.903. The van der Waals surface area contributed by atoms with Crippen molar-refractivity contribution in [1.29, 1.82) is 0 Å². The van der Waals surface area contributed by atoms with Crippen LogP contribution in [0.25, 0.3) is 11.0 Å². The minimum atomic E-state index is 0.0920.